The van der Waals surface area contributed by atoms with Gasteiger partial charge in [0.15, 0.2) is 11.5 Å². The van der Waals surface area contributed by atoms with Crippen LogP contribution < -0.4 is 24.4 Å². The van der Waals surface area contributed by atoms with Crippen LogP contribution in [0, 0.1) is 0 Å². The van der Waals surface area contributed by atoms with Crippen molar-refractivity contribution in [3.63, 3.8) is 0 Å². The molecule has 2 aromatic rings. The molecule has 150 valence electrons. The van der Waals surface area contributed by atoms with Crippen LogP contribution in [-0.2, 0) is 14.8 Å². The zero-order valence-electron chi connectivity index (χ0n) is 15.6. The van der Waals surface area contributed by atoms with E-state index in [0.29, 0.717) is 17.1 Å². The van der Waals surface area contributed by atoms with Crippen LogP contribution in [-0.4, -0.2) is 48.4 Å². The van der Waals surface area contributed by atoms with E-state index in [4.69, 9.17) is 14.2 Å². The van der Waals surface area contributed by atoms with Gasteiger partial charge >= 0.3 is 0 Å². The highest BCUT2D eigenvalue weighted by Gasteiger charge is 2.18. The molecule has 0 aliphatic carbocycles. The molecule has 0 aromatic heterocycles. The summed E-state index contributed by atoms with van der Waals surface area (Å²) in [5.74, 6) is 0.617. The van der Waals surface area contributed by atoms with Crippen LogP contribution in [0.1, 0.15) is 5.56 Å². The van der Waals surface area contributed by atoms with Gasteiger partial charge in [-0.3, -0.25) is 4.79 Å². The Morgan fingerprint density at radius 1 is 1.00 bits per heavy atom. The molecule has 0 aliphatic rings. The van der Waals surface area contributed by atoms with E-state index in [-0.39, 0.29) is 10.6 Å². The van der Waals surface area contributed by atoms with Crippen LogP contribution in [0.5, 0.6) is 17.2 Å². The Hall–Kier alpha value is -3.11. The molecule has 0 unspecified atom stereocenters. The van der Waals surface area contributed by atoms with Crippen molar-refractivity contribution in [1.82, 2.24) is 10.1 Å². The molecule has 0 bridgehead atoms. The van der Waals surface area contributed by atoms with Crippen molar-refractivity contribution in [3.8, 4) is 17.2 Å². The summed E-state index contributed by atoms with van der Waals surface area (Å²) < 4.78 is 42.2. The van der Waals surface area contributed by atoms with Crippen molar-refractivity contribution < 1.29 is 27.4 Å². The van der Waals surface area contributed by atoms with Crippen LogP contribution in [0.15, 0.2) is 52.5 Å². The molecule has 0 saturated carbocycles. The van der Waals surface area contributed by atoms with E-state index in [9.17, 15) is 13.2 Å². The fourth-order valence-corrected chi connectivity index (χ4v) is 3.21. The molecule has 0 spiro atoms. The van der Waals surface area contributed by atoms with Gasteiger partial charge in [-0.15, -0.1) is 0 Å². The highest BCUT2D eigenvalue weighted by atomic mass is 32.2. The molecule has 0 fully saturated rings. The lowest BCUT2D eigenvalue weighted by atomic mass is 10.2. The molecule has 1 amide bonds. The van der Waals surface area contributed by atoms with E-state index in [1.165, 1.54) is 45.7 Å². The first-order valence-corrected chi connectivity index (χ1v) is 9.56. The van der Waals surface area contributed by atoms with Gasteiger partial charge in [0.05, 0.1) is 39.0 Å². The minimum Gasteiger partial charge on any atom is -0.496 e. The van der Waals surface area contributed by atoms with Crippen molar-refractivity contribution in [1.29, 1.82) is 0 Å². The Labute approximate surface area is 163 Å². The number of nitrogens with one attached hydrogen (secondary N) is 2. The monoisotopic (exact) mass is 407 g/mol. The second-order valence-corrected chi connectivity index (χ2v) is 7.14. The summed E-state index contributed by atoms with van der Waals surface area (Å²) in [4.78, 5) is 11.8. The molecule has 2 N–H and O–H groups in total. The Kier molecular flexibility index (Phi) is 7.36. The largest absolute Gasteiger partial charge is 0.496 e. The van der Waals surface area contributed by atoms with E-state index in [0.717, 1.165) is 0 Å². The van der Waals surface area contributed by atoms with Gasteiger partial charge < -0.3 is 14.2 Å². The van der Waals surface area contributed by atoms with Gasteiger partial charge in [-0.25, -0.2) is 18.6 Å². The fourth-order valence-electron chi connectivity index (χ4n) is 2.21. The lowest BCUT2D eigenvalue weighted by Gasteiger charge is -2.10. The van der Waals surface area contributed by atoms with Gasteiger partial charge in [0.2, 0.25) is 10.0 Å². The number of sulfonamides is 1. The average molecular weight is 407 g/mol. The smallest absolute Gasteiger partial charge is 0.255 e. The van der Waals surface area contributed by atoms with Crippen molar-refractivity contribution >= 4 is 22.1 Å². The molecule has 28 heavy (non-hydrogen) atoms. The van der Waals surface area contributed by atoms with Crippen molar-refractivity contribution in [2.45, 2.75) is 4.90 Å². The molecule has 9 nitrogen and oxygen atoms in total. The predicted molar refractivity (Wildman–Crippen MR) is 103 cm³/mol. The topological polar surface area (TPSA) is 115 Å². The number of hydrogen-bond donors (Lipinski definition) is 2. The molecule has 0 radical (unpaired) electrons. The number of carbonyl (C=O) groups excluding carboxylic acids is 1. The fraction of sp³-hybridized carbons (Fsp3) is 0.222. The van der Waals surface area contributed by atoms with Crippen LogP contribution in [0.4, 0.5) is 0 Å². The number of para-hydroxylation sites is 1. The third-order valence-corrected chi connectivity index (χ3v) is 5.02. The maximum absolute atomic E-state index is 12.3. The zero-order valence-corrected chi connectivity index (χ0v) is 16.4. The Morgan fingerprint density at radius 2 is 1.68 bits per heavy atom. The first-order valence-electron chi connectivity index (χ1n) is 8.08. The van der Waals surface area contributed by atoms with Gasteiger partial charge in [-0.1, -0.05) is 12.1 Å². The molecule has 0 aliphatic heterocycles. The maximum atomic E-state index is 12.3. The van der Waals surface area contributed by atoms with Gasteiger partial charge in [0, 0.05) is 11.6 Å². The van der Waals surface area contributed by atoms with Crippen LogP contribution in [0.3, 0.4) is 0 Å². The quantitative estimate of drug-likeness (QED) is 0.476. The molecule has 2 aromatic carbocycles. The number of benzene rings is 2. The van der Waals surface area contributed by atoms with Crippen molar-refractivity contribution in [2.24, 2.45) is 5.10 Å². The van der Waals surface area contributed by atoms with Crippen LogP contribution >= 0.6 is 0 Å². The molecule has 0 saturated heterocycles. The third kappa shape index (κ3) is 5.44. The second-order valence-electron chi connectivity index (χ2n) is 5.38. The third-order valence-electron chi connectivity index (χ3n) is 3.62. The lowest BCUT2D eigenvalue weighted by molar-refractivity contribution is -0.119. The summed E-state index contributed by atoms with van der Waals surface area (Å²) >= 11 is 0. The van der Waals surface area contributed by atoms with Crippen LogP contribution in [0.25, 0.3) is 0 Å². The van der Waals surface area contributed by atoms with Gasteiger partial charge in [0.1, 0.15) is 5.75 Å². The number of hydrogen-bond acceptors (Lipinski definition) is 7. The molecule has 0 heterocycles. The Balaban J connectivity index is 1.97. The number of nitrogens with zero attached hydrogens (tertiary/aromatic N) is 1. The highest BCUT2D eigenvalue weighted by molar-refractivity contribution is 7.89. The number of carbonyl (C=O) groups is 1. The number of methoxy groups -OCH3 is 3. The number of ether oxygens (including phenoxy) is 3. The standard InChI is InChI=1S/C18H21N3O6S/c1-25-15-7-5-4-6-13(15)11-19-21-18(22)12-20-28(23,24)14-8-9-16(26-2)17(10-14)27-3/h4-11,20H,12H2,1-3H3,(H,21,22)/b19-11-. The highest BCUT2D eigenvalue weighted by Crippen LogP contribution is 2.29. The zero-order chi connectivity index (χ0) is 20.6. The molecule has 2 rings (SSSR count). The molecule has 0 atom stereocenters. The number of hydrazone groups is 1. The Morgan fingerprint density at radius 3 is 2.36 bits per heavy atom. The molecular weight excluding hydrogens is 386 g/mol. The molecule has 10 heteroatoms. The minimum atomic E-state index is -3.92. The van der Waals surface area contributed by atoms with Crippen molar-refractivity contribution in [3.05, 3.63) is 48.0 Å². The van der Waals surface area contributed by atoms with Crippen molar-refractivity contribution in [2.75, 3.05) is 27.9 Å². The first kappa shape index (κ1) is 21.2. The van der Waals surface area contributed by atoms with Crippen LogP contribution in [0.2, 0.25) is 0 Å². The molecular formula is C18H21N3O6S. The number of rotatable bonds is 9. The minimum absolute atomic E-state index is 0.0597. The average Bonchev–Trinajstić information content (AvgIpc) is 2.72. The summed E-state index contributed by atoms with van der Waals surface area (Å²) in [7, 11) is 0.445. The lowest BCUT2D eigenvalue weighted by Crippen LogP contribution is -2.34. The summed E-state index contributed by atoms with van der Waals surface area (Å²) in [6, 6.07) is 11.2. The van der Waals surface area contributed by atoms with E-state index in [1.54, 1.807) is 24.3 Å². The Bertz CT molecular complexity index is 960. The summed E-state index contributed by atoms with van der Waals surface area (Å²) in [6.07, 6.45) is 1.40. The summed E-state index contributed by atoms with van der Waals surface area (Å²) in [5.41, 5.74) is 2.91. The van der Waals surface area contributed by atoms with Gasteiger partial charge in [-0.2, -0.15) is 5.10 Å². The SMILES string of the molecule is COc1ccccc1/C=N\NC(=O)CNS(=O)(=O)c1ccc(OC)c(OC)c1. The second kappa shape index (κ2) is 9.72. The maximum Gasteiger partial charge on any atom is 0.255 e. The summed E-state index contributed by atoms with van der Waals surface area (Å²) in [6.45, 7) is -0.486. The van der Waals surface area contributed by atoms with E-state index in [1.807, 2.05) is 0 Å². The first-order chi connectivity index (χ1) is 13.4. The van der Waals surface area contributed by atoms with Gasteiger partial charge in [0.25, 0.3) is 5.91 Å². The van der Waals surface area contributed by atoms with E-state index < -0.39 is 22.5 Å². The predicted octanol–water partition coefficient (Wildman–Crippen LogP) is 1.14. The summed E-state index contributed by atoms with van der Waals surface area (Å²) in [5, 5.41) is 3.80. The normalized spacial score (nSPS) is 11.2. The van der Waals surface area contributed by atoms with Gasteiger partial charge in [-0.05, 0) is 24.3 Å². The number of amides is 1. The van der Waals surface area contributed by atoms with E-state index in [2.05, 4.69) is 15.2 Å². The van der Waals surface area contributed by atoms with E-state index >= 15 is 0 Å².